The van der Waals surface area contributed by atoms with Crippen LogP contribution in [0.5, 0.6) is 0 Å². The van der Waals surface area contributed by atoms with Crippen LogP contribution in [0, 0.1) is 5.82 Å². The molecule has 0 unspecified atom stereocenters. The quantitative estimate of drug-likeness (QED) is 0.771. The van der Waals surface area contributed by atoms with Crippen molar-refractivity contribution in [2.24, 2.45) is 0 Å². The molecule has 0 radical (unpaired) electrons. The lowest BCUT2D eigenvalue weighted by Gasteiger charge is -2.26. The maximum Gasteiger partial charge on any atom is 0.257 e. The van der Waals surface area contributed by atoms with Gasteiger partial charge in [0.15, 0.2) is 0 Å². The van der Waals surface area contributed by atoms with Crippen molar-refractivity contribution < 1.29 is 9.18 Å². The summed E-state index contributed by atoms with van der Waals surface area (Å²) in [5, 5.41) is 0.271. The zero-order valence-corrected chi connectivity index (χ0v) is 11.2. The average Bonchev–Trinajstić information content (AvgIpc) is 2.24. The summed E-state index contributed by atoms with van der Waals surface area (Å²) in [7, 11) is 0. The smallest absolute Gasteiger partial charge is 0.257 e. The van der Waals surface area contributed by atoms with Crippen LogP contribution in [0.1, 0.15) is 24.2 Å². The average molecular weight is 278 g/mol. The number of rotatable bonds is 4. The van der Waals surface area contributed by atoms with E-state index in [0.29, 0.717) is 12.4 Å². The third-order valence-electron chi connectivity index (χ3n) is 2.37. The Bertz CT molecular complexity index is 409. The molecule has 1 amide bonds. The third kappa shape index (κ3) is 3.58. The van der Waals surface area contributed by atoms with Gasteiger partial charge in [-0.25, -0.2) is 4.39 Å². The van der Waals surface area contributed by atoms with E-state index in [0.717, 1.165) is 6.07 Å². The van der Waals surface area contributed by atoms with Gasteiger partial charge in [0.1, 0.15) is 5.82 Å². The second-order valence-corrected chi connectivity index (χ2v) is 4.72. The van der Waals surface area contributed by atoms with Gasteiger partial charge in [-0.05, 0) is 32.0 Å². The fraction of sp³-hybridized carbons (Fsp3) is 0.417. The predicted molar refractivity (Wildman–Crippen MR) is 68.3 cm³/mol. The topological polar surface area (TPSA) is 20.3 Å². The van der Waals surface area contributed by atoms with Gasteiger partial charge in [0.05, 0.1) is 5.56 Å². The summed E-state index contributed by atoms with van der Waals surface area (Å²) < 4.78 is 13.6. The highest BCUT2D eigenvalue weighted by Gasteiger charge is 2.21. The fourth-order valence-electron chi connectivity index (χ4n) is 1.50. The molecule has 94 valence electrons. The molecule has 1 aromatic carbocycles. The Labute approximate surface area is 110 Å². The molecule has 0 atom stereocenters. The monoisotopic (exact) mass is 277 g/mol. The summed E-state index contributed by atoms with van der Waals surface area (Å²) in [4.78, 5) is 13.6. The summed E-state index contributed by atoms with van der Waals surface area (Å²) >= 11 is 11.3. The first-order valence-corrected chi connectivity index (χ1v) is 6.20. The molecule has 0 aromatic heterocycles. The zero-order valence-electron chi connectivity index (χ0n) is 9.71. The van der Waals surface area contributed by atoms with Gasteiger partial charge in [0.25, 0.3) is 5.91 Å². The second kappa shape index (κ2) is 6.22. The molecule has 0 spiro atoms. The van der Waals surface area contributed by atoms with E-state index < -0.39 is 5.82 Å². The van der Waals surface area contributed by atoms with Gasteiger partial charge in [0.2, 0.25) is 0 Å². The Hall–Kier alpha value is -0.800. The third-order valence-corrected chi connectivity index (χ3v) is 2.78. The molecule has 1 aromatic rings. The summed E-state index contributed by atoms with van der Waals surface area (Å²) in [6.45, 7) is 4.11. The summed E-state index contributed by atoms with van der Waals surface area (Å²) in [5.74, 6) is -0.656. The molecule has 0 saturated carbocycles. The van der Waals surface area contributed by atoms with Gasteiger partial charge >= 0.3 is 0 Å². The summed E-state index contributed by atoms with van der Waals surface area (Å²) in [6, 6.07) is 3.99. The number of carbonyl (C=O) groups is 1. The summed E-state index contributed by atoms with van der Waals surface area (Å²) in [6.07, 6.45) is 0. The molecule has 5 heteroatoms. The first-order chi connectivity index (χ1) is 7.97. The molecule has 0 saturated heterocycles. The molecule has 0 aliphatic heterocycles. The van der Waals surface area contributed by atoms with Crippen molar-refractivity contribution >= 4 is 29.1 Å². The van der Waals surface area contributed by atoms with Crippen LogP contribution in [0.25, 0.3) is 0 Å². The van der Waals surface area contributed by atoms with Crippen LogP contribution < -0.4 is 0 Å². The molecular weight excluding hydrogens is 264 g/mol. The van der Waals surface area contributed by atoms with E-state index in [-0.39, 0.29) is 22.5 Å². The lowest BCUT2D eigenvalue weighted by Crippen LogP contribution is -2.38. The highest BCUT2D eigenvalue weighted by molar-refractivity contribution is 6.30. The highest BCUT2D eigenvalue weighted by atomic mass is 35.5. The number of benzene rings is 1. The van der Waals surface area contributed by atoms with Crippen LogP contribution in [-0.4, -0.2) is 29.3 Å². The second-order valence-electron chi connectivity index (χ2n) is 3.91. The lowest BCUT2D eigenvalue weighted by molar-refractivity contribution is 0.0713. The highest BCUT2D eigenvalue weighted by Crippen LogP contribution is 2.17. The van der Waals surface area contributed by atoms with Crippen LogP contribution in [0.15, 0.2) is 18.2 Å². The van der Waals surface area contributed by atoms with E-state index in [4.69, 9.17) is 23.2 Å². The maximum absolute atomic E-state index is 13.6. The Balaban J connectivity index is 3.01. The van der Waals surface area contributed by atoms with Crippen molar-refractivity contribution in [3.8, 4) is 0 Å². The van der Waals surface area contributed by atoms with Gasteiger partial charge in [-0.15, -0.1) is 11.6 Å². The Kier molecular flexibility index (Phi) is 5.22. The minimum Gasteiger partial charge on any atom is -0.335 e. The molecule has 0 fully saturated rings. The van der Waals surface area contributed by atoms with E-state index in [9.17, 15) is 9.18 Å². The number of carbonyl (C=O) groups excluding carboxylic acids is 1. The predicted octanol–water partition coefficient (Wildman–Crippen LogP) is 3.57. The lowest BCUT2D eigenvalue weighted by atomic mass is 10.1. The molecule has 0 aliphatic rings. The van der Waals surface area contributed by atoms with Gasteiger partial charge < -0.3 is 4.90 Å². The fourth-order valence-corrected chi connectivity index (χ4v) is 1.84. The number of nitrogens with zero attached hydrogens (tertiary/aromatic N) is 1. The molecule has 17 heavy (non-hydrogen) atoms. The number of amides is 1. The van der Waals surface area contributed by atoms with E-state index in [2.05, 4.69) is 0 Å². The Morgan fingerprint density at radius 1 is 1.47 bits per heavy atom. The van der Waals surface area contributed by atoms with Crippen LogP contribution in [0.2, 0.25) is 5.02 Å². The van der Waals surface area contributed by atoms with Crippen molar-refractivity contribution in [2.75, 3.05) is 12.4 Å². The van der Waals surface area contributed by atoms with Crippen LogP contribution >= 0.6 is 23.2 Å². The van der Waals surface area contributed by atoms with Crippen LogP contribution in [0.4, 0.5) is 4.39 Å². The van der Waals surface area contributed by atoms with Gasteiger partial charge in [-0.3, -0.25) is 4.79 Å². The van der Waals surface area contributed by atoms with E-state index >= 15 is 0 Å². The van der Waals surface area contributed by atoms with Crippen LogP contribution in [-0.2, 0) is 0 Å². The Morgan fingerprint density at radius 2 is 2.12 bits per heavy atom. The molecule has 0 bridgehead atoms. The number of alkyl halides is 1. The summed E-state index contributed by atoms with van der Waals surface area (Å²) in [5.41, 5.74) is 0.0215. The maximum atomic E-state index is 13.6. The van der Waals surface area contributed by atoms with Gasteiger partial charge in [-0.2, -0.15) is 0 Å². The molecular formula is C12H14Cl2FNO. The largest absolute Gasteiger partial charge is 0.335 e. The molecule has 0 N–H and O–H groups in total. The van der Waals surface area contributed by atoms with Gasteiger partial charge in [-0.1, -0.05) is 11.6 Å². The van der Waals surface area contributed by atoms with E-state index in [1.807, 2.05) is 13.8 Å². The molecule has 0 heterocycles. The molecule has 2 nitrogen and oxygen atoms in total. The number of hydrogen-bond donors (Lipinski definition) is 0. The van der Waals surface area contributed by atoms with E-state index in [1.165, 1.54) is 17.0 Å². The first kappa shape index (κ1) is 14.3. The van der Waals surface area contributed by atoms with Gasteiger partial charge in [0, 0.05) is 23.5 Å². The van der Waals surface area contributed by atoms with Crippen LogP contribution in [0.3, 0.4) is 0 Å². The minimum atomic E-state index is -0.609. The normalized spacial score (nSPS) is 10.7. The van der Waals surface area contributed by atoms with E-state index in [1.54, 1.807) is 0 Å². The van der Waals surface area contributed by atoms with Crippen molar-refractivity contribution in [1.82, 2.24) is 4.90 Å². The zero-order chi connectivity index (χ0) is 13.0. The minimum absolute atomic E-state index is 0.0215. The number of halogens is 3. The molecule has 0 aliphatic carbocycles. The van der Waals surface area contributed by atoms with Crippen molar-refractivity contribution in [3.63, 3.8) is 0 Å². The standard InChI is InChI=1S/C12H14Cl2FNO/c1-8(2)16(6-5-13)12(17)10-4-3-9(14)7-11(10)15/h3-4,7-8H,5-6H2,1-2H3. The van der Waals surface area contributed by atoms with Crippen molar-refractivity contribution in [1.29, 1.82) is 0 Å². The molecule has 1 rings (SSSR count). The Morgan fingerprint density at radius 3 is 2.59 bits per heavy atom. The SMILES string of the molecule is CC(C)N(CCCl)C(=O)c1ccc(Cl)cc1F. The van der Waals surface area contributed by atoms with Crippen molar-refractivity contribution in [3.05, 3.63) is 34.6 Å². The first-order valence-electron chi connectivity index (χ1n) is 5.29. The number of hydrogen-bond acceptors (Lipinski definition) is 1. The van der Waals surface area contributed by atoms with Crippen molar-refractivity contribution in [2.45, 2.75) is 19.9 Å².